The van der Waals surface area contributed by atoms with E-state index in [0.29, 0.717) is 28.2 Å². The molecular weight excluding hydrogens is 387 g/mol. The van der Waals surface area contributed by atoms with Crippen LogP contribution in [0.4, 0.5) is 5.13 Å². The molecule has 0 aliphatic carbocycles. The quantitative estimate of drug-likeness (QED) is 0.709. The van der Waals surface area contributed by atoms with Crippen LogP contribution in [0.5, 0.6) is 5.75 Å². The highest BCUT2D eigenvalue weighted by atomic mass is 35.5. The molecule has 0 bridgehead atoms. The molecule has 0 radical (unpaired) electrons. The molecule has 0 spiro atoms. The molecule has 1 unspecified atom stereocenters. The number of benzene rings is 1. The minimum atomic E-state index is -0.812. The first-order chi connectivity index (χ1) is 11.9. The van der Waals surface area contributed by atoms with Crippen molar-refractivity contribution in [2.75, 3.05) is 11.9 Å². The number of nitrogens with zero attached hydrogens (tertiary/aromatic N) is 1. The second kappa shape index (κ2) is 9.03. The molecule has 6 nitrogen and oxygen atoms in total. The zero-order valence-corrected chi connectivity index (χ0v) is 15.9. The van der Waals surface area contributed by atoms with Crippen molar-refractivity contribution in [2.45, 2.75) is 26.4 Å². The Hall–Kier alpha value is -1.83. The van der Waals surface area contributed by atoms with Gasteiger partial charge in [-0.25, -0.2) is 4.98 Å². The fourth-order valence-corrected chi connectivity index (χ4v) is 2.88. The third-order valence-corrected chi connectivity index (χ3v) is 4.61. The molecule has 1 heterocycles. The second-order valence-electron chi connectivity index (χ2n) is 4.93. The van der Waals surface area contributed by atoms with E-state index in [-0.39, 0.29) is 17.4 Å². The molecule has 1 aromatic heterocycles. The number of nitrogens with one attached hydrogen (secondary N) is 1. The van der Waals surface area contributed by atoms with Crippen LogP contribution < -0.4 is 10.1 Å². The van der Waals surface area contributed by atoms with E-state index in [1.165, 1.54) is 11.3 Å². The second-order valence-corrected chi connectivity index (χ2v) is 6.57. The van der Waals surface area contributed by atoms with Gasteiger partial charge in [-0.3, -0.25) is 14.9 Å². The smallest absolute Gasteiger partial charge is 0.311 e. The topological polar surface area (TPSA) is 77.5 Å². The first-order valence-electron chi connectivity index (χ1n) is 7.42. The van der Waals surface area contributed by atoms with Crippen molar-refractivity contribution in [3.05, 3.63) is 39.3 Å². The van der Waals surface area contributed by atoms with E-state index in [9.17, 15) is 9.59 Å². The van der Waals surface area contributed by atoms with Gasteiger partial charge in [0.25, 0.3) is 5.91 Å². The molecule has 1 aromatic carbocycles. The van der Waals surface area contributed by atoms with Gasteiger partial charge >= 0.3 is 5.97 Å². The van der Waals surface area contributed by atoms with Crippen molar-refractivity contribution in [3.63, 3.8) is 0 Å². The maximum Gasteiger partial charge on any atom is 0.311 e. The van der Waals surface area contributed by atoms with Crippen LogP contribution in [0, 0.1) is 0 Å². The summed E-state index contributed by atoms with van der Waals surface area (Å²) in [5, 5.41) is 5.28. The van der Waals surface area contributed by atoms with E-state index in [1.807, 2.05) is 0 Å². The van der Waals surface area contributed by atoms with Gasteiger partial charge < -0.3 is 9.47 Å². The largest absolute Gasteiger partial charge is 0.479 e. The fraction of sp³-hybridized carbons (Fsp3) is 0.312. The summed E-state index contributed by atoms with van der Waals surface area (Å²) >= 11 is 13.2. The van der Waals surface area contributed by atoms with Crippen LogP contribution in [0.3, 0.4) is 0 Å². The van der Waals surface area contributed by atoms with Crippen LogP contribution >= 0.6 is 34.5 Å². The molecule has 0 aliphatic heterocycles. The van der Waals surface area contributed by atoms with Gasteiger partial charge in [0.1, 0.15) is 10.8 Å². The molecular formula is C16H16Cl2N2O4S. The summed E-state index contributed by atoms with van der Waals surface area (Å²) in [4.78, 5) is 27.8. The zero-order valence-electron chi connectivity index (χ0n) is 13.5. The van der Waals surface area contributed by atoms with Crippen molar-refractivity contribution >= 4 is 51.5 Å². The summed E-state index contributed by atoms with van der Waals surface area (Å²) in [5.74, 6) is -0.440. The average Bonchev–Trinajstić information content (AvgIpc) is 2.98. The highest BCUT2D eigenvalue weighted by Gasteiger charge is 2.19. The standard InChI is InChI=1S/C16H16Cl2N2O4S/c1-3-23-13(21)7-10-8-25-16(19-10)20-15(22)9(2)24-12-6-4-5-11(17)14(12)18/h4-6,8-9H,3,7H2,1-2H3,(H,19,20,22). The van der Waals surface area contributed by atoms with Gasteiger partial charge in [0.15, 0.2) is 11.2 Å². The summed E-state index contributed by atoms with van der Waals surface area (Å²) < 4.78 is 10.4. The first kappa shape index (κ1) is 19.5. The van der Waals surface area contributed by atoms with Gasteiger partial charge in [-0.05, 0) is 26.0 Å². The number of carbonyl (C=O) groups excluding carboxylic acids is 2. The summed E-state index contributed by atoms with van der Waals surface area (Å²) in [6, 6.07) is 4.93. The van der Waals surface area contributed by atoms with Crippen LogP contribution in [0.25, 0.3) is 0 Å². The van der Waals surface area contributed by atoms with Crippen molar-refractivity contribution in [2.24, 2.45) is 0 Å². The normalized spacial score (nSPS) is 11.7. The summed E-state index contributed by atoms with van der Waals surface area (Å²) in [7, 11) is 0. The van der Waals surface area contributed by atoms with Crippen LogP contribution in [0.15, 0.2) is 23.6 Å². The molecule has 2 aromatic rings. The molecule has 9 heteroatoms. The molecule has 0 saturated heterocycles. The lowest BCUT2D eigenvalue weighted by atomic mass is 10.3. The van der Waals surface area contributed by atoms with E-state index in [4.69, 9.17) is 32.7 Å². The summed E-state index contributed by atoms with van der Waals surface area (Å²) in [6.45, 7) is 3.63. The number of amides is 1. The number of thiazole rings is 1. The third-order valence-electron chi connectivity index (χ3n) is 3.00. The first-order valence-corrected chi connectivity index (χ1v) is 9.05. The Morgan fingerprint density at radius 2 is 2.12 bits per heavy atom. The van der Waals surface area contributed by atoms with Crippen molar-refractivity contribution in [3.8, 4) is 5.75 Å². The lowest BCUT2D eigenvalue weighted by Crippen LogP contribution is -2.30. The van der Waals surface area contributed by atoms with Gasteiger partial charge in [0.05, 0.1) is 23.7 Å². The number of anilines is 1. The van der Waals surface area contributed by atoms with Crippen molar-refractivity contribution in [1.82, 2.24) is 4.98 Å². The molecule has 0 saturated carbocycles. The monoisotopic (exact) mass is 402 g/mol. The summed E-state index contributed by atoms with van der Waals surface area (Å²) in [5.41, 5.74) is 0.533. The maximum absolute atomic E-state index is 12.2. The van der Waals surface area contributed by atoms with Crippen LogP contribution in [-0.2, 0) is 20.7 Å². The molecule has 134 valence electrons. The number of rotatable bonds is 7. The van der Waals surface area contributed by atoms with E-state index < -0.39 is 12.0 Å². The van der Waals surface area contributed by atoms with Crippen molar-refractivity contribution < 1.29 is 19.1 Å². The Balaban J connectivity index is 1.94. The van der Waals surface area contributed by atoms with Gasteiger partial charge in [-0.1, -0.05) is 29.3 Å². The number of hydrogen-bond acceptors (Lipinski definition) is 6. The number of hydrogen-bond donors (Lipinski definition) is 1. The number of halogens is 2. The Morgan fingerprint density at radius 3 is 2.84 bits per heavy atom. The maximum atomic E-state index is 12.2. The molecule has 1 atom stereocenters. The van der Waals surface area contributed by atoms with Gasteiger partial charge in [-0.2, -0.15) is 0 Å². The van der Waals surface area contributed by atoms with Gasteiger partial charge in [0.2, 0.25) is 0 Å². The van der Waals surface area contributed by atoms with Crippen molar-refractivity contribution in [1.29, 1.82) is 0 Å². The number of esters is 1. The molecule has 0 aliphatic rings. The van der Waals surface area contributed by atoms with E-state index in [0.717, 1.165) is 0 Å². The van der Waals surface area contributed by atoms with Crippen LogP contribution in [0.2, 0.25) is 10.0 Å². The molecule has 2 rings (SSSR count). The SMILES string of the molecule is CCOC(=O)Cc1csc(NC(=O)C(C)Oc2cccc(Cl)c2Cl)n1. The van der Waals surface area contributed by atoms with Crippen LogP contribution in [0.1, 0.15) is 19.5 Å². The Bertz CT molecular complexity index is 766. The Morgan fingerprint density at radius 1 is 1.36 bits per heavy atom. The minimum absolute atomic E-state index is 0.0599. The highest BCUT2D eigenvalue weighted by Crippen LogP contribution is 2.32. The Labute approximate surface area is 159 Å². The van der Waals surface area contributed by atoms with Crippen LogP contribution in [-0.4, -0.2) is 29.6 Å². The molecule has 25 heavy (non-hydrogen) atoms. The molecule has 0 fully saturated rings. The average molecular weight is 403 g/mol. The lowest BCUT2D eigenvalue weighted by Gasteiger charge is -2.15. The number of ether oxygens (including phenoxy) is 2. The fourth-order valence-electron chi connectivity index (χ4n) is 1.83. The van der Waals surface area contributed by atoms with Gasteiger partial charge in [0, 0.05) is 5.38 Å². The van der Waals surface area contributed by atoms with E-state index in [1.54, 1.807) is 37.4 Å². The minimum Gasteiger partial charge on any atom is -0.479 e. The Kier molecular flexibility index (Phi) is 7.04. The van der Waals surface area contributed by atoms with Gasteiger partial charge in [-0.15, -0.1) is 11.3 Å². The highest BCUT2D eigenvalue weighted by molar-refractivity contribution is 7.13. The predicted octanol–water partition coefficient (Wildman–Crippen LogP) is 3.96. The molecule has 1 N–H and O–H groups in total. The number of carbonyl (C=O) groups is 2. The van der Waals surface area contributed by atoms with E-state index >= 15 is 0 Å². The lowest BCUT2D eigenvalue weighted by molar-refractivity contribution is -0.142. The van der Waals surface area contributed by atoms with E-state index in [2.05, 4.69) is 10.3 Å². The predicted molar refractivity (Wildman–Crippen MR) is 97.6 cm³/mol. The summed E-state index contributed by atoms with van der Waals surface area (Å²) in [6.07, 6.45) is -0.752. The third kappa shape index (κ3) is 5.59. The zero-order chi connectivity index (χ0) is 18.4. The molecule has 1 amide bonds. The number of aromatic nitrogens is 1.